The summed E-state index contributed by atoms with van der Waals surface area (Å²) in [5, 5.41) is 0.557. The molecule has 3 rings (SSSR count). The number of amides is 1. The van der Waals surface area contributed by atoms with Crippen molar-refractivity contribution in [3.8, 4) is 5.75 Å². The summed E-state index contributed by atoms with van der Waals surface area (Å²) >= 11 is 1.40. The molecule has 0 saturated heterocycles. The number of carbonyl (C=O) groups is 2. The number of ether oxygens (including phenoxy) is 2. The molecule has 6 nitrogen and oxygen atoms in total. The Morgan fingerprint density at radius 3 is 2.68 bits per heavy atom. The predicted octanol–water partition coefficient (Wildman–Crippen LogP) is 3.58. The largest absolute Gasteiger partial charge is 0.494 e. The summed E-state index contributed by atoms with van der Waals surface area (Å²) in [7, 11) is 1.36. The molecule has 0 spiro atoms. The van der Waals surface area contributed by atoms with Crippen LogP contribution in [0.5, 0.6) is 5.75 Å². The third-order valence-corrected chi connectivity index (χ3v) is 5.11. The lowest BCUT2D eigenvalue weighted by Gasteiger charge is -2.17. The summed E-state index contributed by atoms with van der Waals surface area (Å²) in [6.45, 7) is 1.83. The van der Waals surface area contributed by atoms with Gasteiger partial charge in [0.1, 0.15) is 0 Å². The van der Waals surface area contributed by atoms with Gasteiger partial charge >= 0.3 is 5.97 Å². The van der Waals surface area contributed by atoms with Crippen molar-refractivity contribution in [2.45, 2.75) is 13.3 Å². The fourth-order valence-electron chi connectivity index (χ4n) is 2.65. The lowest BCUT2D eigenvalue weighted by Crippen LogP contribution is -2.34. The molecule has 0 bridgehead atoms. The predicted molar refractivity (Wildman–Crippen MR) is 105 cm³/mol. The van der Waals surface area contributed by atoms with Crippen LogP contribution in [0.15, 0.2) is 42.5 Å². The van der Waals surface area contributed by atoms with E-state index in [0.29, 0.717) is 17.2 Å². The summed E-state index contributed by atoms with van der Waals surface area (Å²) in [6, 6.07) is 11.8. The van der Waals surface area contributed by atoms with Crippen molar-refractivity contribution in [3.05, 3.63) is 53.8 Å². The number of rotatable bonds is 7. The van der Waals surface area contributed by atoms with Gasteiger partial charge in [0.25, 0.3) is 5.91 Å². The zero-order valence-corrected chi connectivity index (χ0v) is 16.3. The van der Waals surface area contributed by atoms with E-state index < -0.39 is 18.4 Å². The number of benzene rings is 2. The van der Waals surface area contributed by atoms with Crippen molar-refractivity contribution in [2.75, 3.05) is 25.2 Å². The van der Waals surface area contributed by atoms with Crippen molar-refractivity contribution < 1.29 is 23.5 Å². The summed E-state index contributed by atoms with van der Waals surface area (Å²) in [4.78, 5) is 30.4. The fraction of sp³-hybridized carbons (Fsp3) is 0.250. The molecule has 1 amide bonds. The molecule has 0 fully saturated rings. The second kappa shape index (κ2) is 8.79. The average Bonchev–Trinajstić information content (AvgIpc) is 3.10. The number of halogens is 1. The standard InChI is InChI=1S/C20H19FN2O4S/c1-3-23(20-22-15-6-4-5-7-17(15)28-20)18(24)12-27-19(25)11-13-8-9-16(26-2)14(21)10-13/h4-10H,3,11-12H2,1-2H3. The van der Waals surface area contributed by atoms with E-state index in [9.17, 15) is 14.0 Å². The molecule has 3 aromatic rings. The minimum atomic E-state index is -0.613. The molecule has 2 aromatic carbocycles. The highest BCUT2D eigenvalue weighted by Gasteiger charge is 2.20. The fourth-order valence-corrected chi connectivity index (χ4v) is 3.70. The lowest BCUT2D eigenvalue weighted by molar-refractivity contribution is -0.147. The Labute approximate surface area is 165 Å². The molecule has 0 radical (unpaired) electrons. The van der Waals surface area contributed by atoms with Crippen molar-refractivity contribution in [1.29, 1.82) is 0 Å². The smallest absolute Gasteiger partial charge is 0.310 e. The molecule has 146 valence electrons. The number of hydrogen-bond donors (Lipinski definition) is 0. The first-order valence-corrected chi connectivity index (χ1v) is 9.47. The van der Waals surface area contributed by atoms with E-state index in [1.807, 2.05) is 31.2 Å². The van der Waals surface area contributed by atoms with Crippen molar-refractivity contribution in [2.24, 2.45) is 0 Å². The molecule has 8 heteroatoms. The van der Waals surface area contributed by atoms with Gasteiger partial charge in [0, 0.05) is 6.54 Å². The van der Waals surface area contributed by atoms with Gasteiger partial charge in [-0.05, 0) is 36.8 Å². The molecule has 0 saturated carbocycles. The Morgan fingerprint density at radius 2 is 2.00 bits per heavy atom. The quantitative estimate of drug-likeness (QED) is 0.565. The maximum atomic E-state index is 13.7. The van der Waals surface area contributed by atoms with Crippen LogP contribution < -0.4 is 9.64 Å². The molecular weight excluding hydrogens is 383 g/mol. The number of para-hydroxylation sites is 1. The molecule has 0 aliphatic carbocycles. The molecule has 0 aliphatic heterocycles. The second-order valence-electron chi connectivity index (χ2n) is 5.91. The third-order valence-electron chi connectivity index (χ3n) is 4.05. The van der Waals surface area contributed by atoms with Gasteiger partial charge in [0.05, 0.1) is 23.7 Å². The highest BCUT2D eigenvalue weighted by atomic mass is 32.1. The normalized spacial score (nSPS) is 10.7. The number of fused-ring (bicyclic) bond motifs is 1. The van der Waals surface area contributed by atoms with E-state index in [0.717, 1.165) is 10.2 Å². The minimum absolute atomic E-state index is 0.0988. The number of nitrogens with zero attached hydrogens (tertiary/aromatic N) is 2. The number of anilines is 1. The number of aromatic nitrogens is 1. The van der Waals surface area contributed by atoms with E-state index in [1.165, 1.54) is 35.5 Å². The van der Waals surface area contributed by atoms with Crippen LogP contribution in [0.1, 0.15) is 12.5 Å². The van der Waals surface area contributed by atoms with Crippen LogP contribution in [0.3, 0.4) is 0 Å². The maximum Gasteiger partial charge on any atom is 0.310 e. The number of hydrogen-bond acceptors (Lipinski definition) is 6. The zero-order chi connectivity index (χ0) is 20.1. The molecule has 0 unspecified atom stereocenters. The average molecular weight is 402 g/mol. The van der Waals surface area contributed by atoms with E-state index in [1.54, 1.807) is 6.07 Å². The number of likely N-dealkylation sites (N-methyl/N-ethyl adjacent to an activating group) is 1. The summed E-state index contributed by atoms with van der Waals surface area (Å²) < 4.78 is 24.6. The topological polar surface area (TPSA) is 68.7 Å². The first-order chi connectivity index (χ1) is 13.5. The molecule has 0 aliphatic rings. The van der Waals surface area contributed by atoms with Crippen molar-refractivity contribution >= 4 is 38.6 Å². The Kier molecular flexibility index (Phi) is 6.20. The number of carbonyl (C=O) groups excluding carboxylic acids is 2. The monoisotopic (exact) mass is 402 g/mol. The van der Waals surface area contributed by atoms with Crippen molar-refractivity contribution in [1.82, 2.24) is 4.98 Å². The molecule has 28 heavy (non-hydrogen) atoms. The highest BCUT2D eigenvalue weighted by Crippen LogP contribution is 2.28. The van der Waals surface area contributed by atoms with Crippen LogP contribution in [0.2, 0.25) is 0 Å². The maximum absolute atomic E-state index is 13.7. The van der Waals surface area contributed by atoms with Gasteiger partial charge < -0.3 is 9.47 Å². The number of thiazole rings is 1. The third kappa shape index (κ3) is 4.45. The van der Waals surface area contributed by atoms with Gasteiger partial charge in [-0.25, -0.2) is 9.37 Å². The van der Waals surface area contributed by atoms with Gasteiger partial charge in [-0.1, -0.05) is 29.5 Å². The molecule has 1 heterocycles. The molecule has 1 aromatic heterocycles. The molecule has 0 atom stereocenters. The van der Waals surface area contributed by atoms with Crippen LogP contribution >= 0.6 is 11.3 Å². The molecule has 0 N–H and O–H groups in total. The van der Waals surface area contributed by atoms with Gasteiger partial charge in [-0.2, -0.15) is 0 Å². The van der Waals surface area contributed by atoms with Gasteiger partial charge in [-0.3, -0.25) is 14.5 Å². The minimum Gasteiger partial charge on any atom is -0.494 e. The van der Waals surface area contributed by atoms with Crippen molar-refractivity contribution in [3.63, 3.8) is 0 Å². The second-order valence-corrected chi connectivity index (χ2v) is 6.92. The summed E-state index contributed by atoms with van der Waals surface area (Å²) in [5.74, 6) is -1.44. The first-order valence-electron chi connectivity index (χ1n) is 8.65. The van der Waals surface area contributed by atoms with E-state index in [2.05, 4.69) is 4.98 Å². The summed E-state index contributed by atoms with van der Waals surface area (Å²) in [5.41, 5.74) is 1.25. The van der Waals surface area contributed by atoms with E-state index in [4.69, 9.17) is 9.47 Å². The Bertz CT molecular complexity index is 972. The molecular formula is C20H19FN2O4S. The van der Waals surface area contributed by atoms with Crippen LogP contribution in [-0.4, -0.2) is 37.1 Å². The highest BCUT2D eigenvalue weighted by molar-refractivity contribution is 7.22. The van der Waals surface area contributed by atoms with Crippen LogP contribution in [0, 0.1) is 5.82 Å². The lowest BCUT2D eigenvalue weighted by atomic mass is 10.1. The zero-order valence-electron chi connectivity index (χ0n) is 15.5. The van der Waals surface area contributed by atoms with Gasteiger partial charge in [0.2, 0.25) is 0 Å². The van der Waals surface area contributed by atoms with Gasteiger partial charge in [0.15, 0.2) is 23.3 Å². The van der Waals surface area contributed by atoms with Crippen LogP contribution in [0.25, 0.3) is 10.2 Å². The van der Waals surface area contributed by atoms with Gasteiger partial charge in [-0.15, -0.1) is 0 Å². The SMILES string of the molecule is CCN(C(=O)COC(=O)Cc1ccc(OC)c(F)c1)c1nc2ccccc2s1. The Morgan fingerprint density at radius 1 is 1.21 bits per heavy atom. The Hall–Kier alpha value is -3.00. The van der Waals surface area contributed by atoms with E-state index in [-0.39, 0.29) is 18.1 Å². The number of methoxy groups -OCH3 is 1. The van der Waals surface area contributed by atoms with E-state index >= 15 is 0 Å². The first kappa shape index (κ1) is 19.8. The summed E-state index contributed by atoms with van der Waals surface area (Å²) in [6.07, 6.45) is -0.137. The van der Waals surface area contributed by atoms with Crippen LogP contribution in [0.4, 0.5) is 9.52 Å². The van der Waals surface area contributed by atoms with Crippen LogP contribution in [-0.2, 0) is 20.7 Å². The number of esters is 1. The Balaban J connectivity index is 1.60.